The average molecular weight is 592 g/mol. The number of amides is 1. The minimum atomic E-state index is -1.31. The summed E-state index contributed by atoms with van der Waals surface area (Å²) in [5.41, 5.74) is 5.06. The number of furan rings is 1. The molecule has 3 aromatic carbocycles. The summed E-state index contributed by atoms with van der Waals surface area (Å²) >= 11 is 0. The van der Waals surface area contributed by atoms with Crippen LogP contribution in [0.1, 0.15) is 40.5 Å². The van der Waals surface area contributed by atoms with Crippen molar-refractivity contribution in [2.24, 2.45) is 0 Å². The number of rotatable bonds is 7. The highest BCUT2D eigenvalue weighted by Crippen LogP contribution is 2.41. The third kappa shape index (κ3) is 5.18. The SMILES string of the molecule is CNCc1c(-c2ccc(F)cc2)oc2cc(N(C)S(C)=O)c(C3CCCN(C(=O)c4nc5ccc(F)cc5[nH]4)C3)cc12. The number of aromatic nitrogens is 2. The lowest BCUT2D eigenvalue weighted by molar-refractivity contribution is 0.0696. The second-order valence-corrected chi connectivity index (χ2v) is 12.0. The predicted octanol–water partition coefficient (Wildman–Crippen LogP) is 5.72. The Morgan fingerprint density at radius 3 is 2.67 bits per heavy atom. The molecule has 1 fully saturated rings. The number of nitrogens with one attached hydrogen (secondary N) is 2. The Morgan fingerprint density at radius 1 is 1.17 bits per heavy atom. The second-order valence-electron chi connectivity index (χ2n) is 10.6. The Labute approximate surface area is 244 Å². The lowest BCUT2D eigenvalue weighted by Crippen LogP contribution is -2.40. The number of anilines is 1. The molecule has 218 valence electrons. The monoisotopic (exact) mass is 591 g/mol. The van der Waals surface area contributed by atoms with E-state index in [4.69, 9.17) is 4.42 Å². The van der Waals surface area contributed by atoms with Crippen molar-refractivity contribution in [3.8, 4) is 11.3 Å². The lowest BCUT2D eigenvalue weighted by atomic mass is 9.88. The first-order chi connectivity index (χ1) is 20.2. The van der Waals surface area contributed by atoms with Crippen LogP contribution < -0.4 is 9.62 Å². The molecule has 1 amide bonds. The van der Waals surface area contributed by atoms with E-state index in [9.17, 15) is 17.8 Å². The first-order valence-corrected chi connectivity index (χ1v) is 15.3. The molecule has 8 nitrogen and oxygen atoms in total. The Hall–Kier alpha value is -4.09. The fraction of sp³-hybridized carbons (Fsp3) is 0.290. The molecule has 42 heavy (non-hydrogen) atoms. The molecule has 11 heteroatoms. The Morgan fingerprint density at radius 2 is 1.93 bits per heavy atom. The van der Waals surface area contributed by atoms with Gasteiger partial charge in [-0.1, -0.05) is 0 Å². The molecule has 5 aromatic rings. The van der Waals surface area contributed by atoms with Crippen molar-refractivity contribution in [2.45, 2.75) is 25.3 Å². The molecule has 0 aliphatic carbocycles. The van der Waals surface area contributed by atoms with Gasteiger partial charge in [0, 0.05) is 61.4 Å². The molecular formula is C31H31F2N5O3S. The number of likely N-dealkylation sites (tertiary alicyclic amines) is 1. The van der Waals surface area contributed by atoms with E-state index >= 15 is 0 Å². The third-order valence-corrected chi connectivity index (χ3v) is 8.89. The average Bonchev–Trinajstić information content (AvgIpc) is 3.57. The van der Waals surface area contributed by atoms with Gasteiger partial charge in [-0.05, 0) is 74.0 Å². The zero-order chi connectivity index (χ0) is 29.5. The van der Waals surface area contributed by atoms with Crippen LogP contribution in [-0.4, -0.2) is 58.4 Å². The third-order valence-electron chi connectivity index (χ3n) is 7.92. The highest BCUT2D eigenvalue weighted by molar-refractivity contribution is 7.85. The fourth-order valence-corrected chi connectivity index (χ4v) is 6.21. The van der Waals surface area contributed by atoms with E-state index in [-0.39, 0.29) is 23.5 Å². The number of fused-ring (bicyclic) bond motifs is 2. The summed E-state index contributed by atoms with van der Waals surface area (Å²) < 4.78 is 48.1. The molecule has 1 aliphatic rings. The molecule has 0 radical (unpaired) electrons. The maximum Gasteiger partial charge on any atom is 0.289 e. The van der Waals surface area contributed by atoms with Gasteiger partial charge in [0.1, 0.15) is 34.0 Å². The van der Waals surface area contributed by atoms with Gasteiger partial charge in [0.05, 0.1) is 16.7 Å². The summed E-state index contributed by atoms with van der Waals surface area (Å²) in [5.74, 6) is -0.195. The van der Waals surface area contributed by atoms with Gasteiger partial charge in [0.25, 0.3) is 5.91 Å². The van der Waals surface area contributed by atoms with Gasteiger partial charge in [-0.3, -0.25) is 9.10 Å². The van der Waals surface area contributed by atoms with Crippen LogP contribution in [0.3, 0.4) is 0 Å². The van der Waals surface area contributed by atoms with Crippen molar-refractivity contribution < 1.29 is 22.2 Å². The first-order valence-electron chi connectivity index (χ1n) is 13.7. The minimum Gasteiger partial charge on any atom is -0.456 e. The number of imidazole rings is 1. The van der Waals surface area contributed by atoms with Gasteiger partial charge in [-0.25, -0.2) is 18.0 Å². The number of benzene rings is 3. The predicted molar refractivity (Wildman–Crippen MR) is 161 cm³/mol. The van der Waals surface area contributed by atoms with E-state index in [0.717, 1.165) is 40.6 Å². The lowest BCUT2D eigenvalue weighted by Gasteiger charge is -2.34. The van der Waals surface area contributed by atoms with Crippen molar-refractivity contribution in [2.75, 3.05) is 37.7 Å². The molecule has 1 aliphatic heterocycles. The van der Waals surface area contributed by atoms with Crippen molar-refractivity contribution >= 4 is 44.6 Å². The zero-order valence-corrected chi connectivity index (χ0v) is 24.4. The number of aromatic amines is 1. The number of halogens is 2. The van der Waals surface area contributed by atoms with Crippen molar-refractivity contribution in [1.29, 1.82) is 0 Å². The summed E-state index contributed by atoms with van der Waals surface area (Å²) in [6.07, 6.45) is 3.23. The van der Waals surface area contributed by atoms with Gasteiger partial charge in [0.15, 0.2) is 5.82 Å². The topological polar surface area (TPSA) is 94.5 Å². The molecule has 2 aromatic heterocycles. The first kappa shape index (κ1) is 28.0. The highest BCUT2D eigenvalue weighted by atomic mass is 32.2. The van der Waals surface area contributed by atoms with E-state index in [1.54, 1.807) is 40.7 Å². The summed E-state index contributed by atoms with van der Waals surface area (Å²) in [6, 6.07) is 14.4. The standard InChI is InChI=1S/C31H31F2N5O3S/c1-34-16-24-23-14-22(27(37(2)42(3)40)15-28(23)41-29(24)18-6-8-20(32)9-7-18)19-5-4-12-38(17-19)31(39)30-35-25-11-10-21(33)13-26(25)36-30/h6-11,13-15,19,34H,4-5,12,16-17H2,1-3H3,(H,35,36). The van der Waals surface area contributed by atoms with E-state index < -0.39 is 16.8 Å². The van der Waals surface area contributed by atoms with Crippen molar-refractivity contribution in [1.82, 2.24) is 20.2 Å². The van der Waals surface area contributed by atoms with Gasteiger partial charge >= 0.3 is 0 Å². The molecule has 0 bridgehead atoms. The zero-order valence-electron chi connectivity index (χ0n) is 23.5. The largest absolute Gasteiger partial charge is 0.456 e. The number of hydrogen-bond donors (Lipinski definition) is 2. The summed E-state index contributed by atoms with van der Waals surface area (Å²) in [6.45, 7) is 1.53. The van der Waals surface area contributed by atoms with Crippen molar-refractivity contribution in [3.63, 3.8) is 0 Å². The highest BCUT2D eigenvalue weighted by Gasteiger charge is 2.31. The van der Waals surface area contributed by atoms with Crippen LogP contribution in [0.5, 0.6) is 0 Å². The van der Waals surface area contributed by atoms with Crippen LogP contribution in [0, 0.1) is 11.6 Å². The Balaban J connectivity index is 1.41. The van der Waals surface area contributed by atoms with Crippen LogP contribution in [0.25, 0.3) is 33.3 Å². The van der Waals surface area contributed by atoms with E-state index in [2.05, 4.69) is 21.4 Å². The number of piperidine rings is 1. The maximum atomic E-state index is 13.7. The number of hydrogen-bond acceptors (Lipinski definition) is 5. The second kappa shape index (κ2) is 11.3. The molecule has 3 heterocycles. The summed E-state index contributed by atoms with van der Waals surface area (Å²) in [7, 11) is 2.32. The van der Waals surface area contributed by atoms with E-state index in [1.165, 1.54) is 24.3 Å². The number of carbonyl (C=O) groups is 1. The molecule has 2 unspecified atom stereocenters. The number of carbonyl (C=O) groups excluding carboxylic acids is 1. The molecule has 1 saturated heterocycles. The van der Waals surface area contributed by atoms with E-state index in [1.807, 2.05) is 13.1 Å². The smallest absolute Gasteiger partial charge is 0.289 e. The minimum absolute atomic E-state index is 0.0403. The molecule has 2 N–H and O–H groups in total. The Kier molecular flexibility index (Phi) is 7.54. The number of H-pyrrole nitrogens is 1. The van der Waals surface area contributed by atoms with Gasteiger partial charge < -0.3 is 19.6 Å². The van der Waals surface area contributed by atoms with Gasteiger partial charge in [0.2, 0.25) is 0 Å². The van der Waals surface area contributed by atoms with Gasteiger partial charge in [-0.2, -0.15) is 0 Å². The van der Waals surface area contributed by atoms with Crippen LogP contribution in [-0.2, 0) is 17.5 Å². The number of nitrogens with zero attached hydrogens (tertiary/aromatic N) is 3. The van der Waals surface area contributed by atoms with Gasteiger partial charge in [-0.15, -0.1) is 0 Å². The summed E-state index contributed by atoms with van der Waals surface area (Å²) in [5, 5.41) is 4.12. The molecule has 0 spiro atoms. The van der Waals surface area contributed by atoms with Crippen LogP contribution in [0.15, 0.2) is 59.0 Å². The van der Waals surface area contributed by atoms with Crippen molar-refractivity contribution in [3.05, 3.63) is 83.2 Å². The van der Waals surface area contributed by atoms with E-state index in [0.29, 0.717) is 42.0 Å². The quantitative estimate of drug-likeness (QED) is 0.252. The molecule has 2 atom stereocenters. The molecular weight excluding hydrogens is 560 g/mol. The normalized spacial score (nSPS) is 16.3. The molecule has 6 rings (SSSR count). The van der Waals surface area contributed by atoms with Crippen LogP contribution >= 0.6 is 0 Å². The summed E-state index contributed by atoms with van der Waals surface area (Å²) in [4.78, 5) is 22.7. The molecule has 0 saturated carbocycles. The Bertz CT molecular complexity index is 1820. The van der Waals surface area contributed by atoms with Crippen LogP contribution in [0.2, 0.25) is 0 Å². The van der Waals surface area contributed by atoms with Crippen LogP contribution in [0.4, 0.5) is 14.5 Å². The maximum absolute atomic E-state index is 13.7. The fourth-order valence-electron chi connectivity index (χ4n) is 5.77.